The molecule has 122 valence electrons. The van der Waals surface area contributed by atoms with Gasteiger partial charge in [0.1, 0.15) is 0 Å². The number of hydrogen-bond donors (Lipinski definition) is 3. The minimum absolute atomic E-state index is 0.00585. The van der Waals surface area contributed by atoms with Crippen LogP contribution < -0.4 is 11.1 Å². The van der Waals surface area contributed by atoms with Crippen LogP contribution in [0, 0.1) is 5.92 Å². The number of aliphatic hydroxyl groups is 1. The summed E-state index contributed by atoms with van der Waals surface area (Å²) in [6.07, 6.45) is 2.43. The molecule has 0 bridgehead atoms. The standard InChI is InChI=1S/C15H28N2O4/c1-4-5-13(19)17-12-7-6-11(15(20)14(12)16)8-9(2)21-10(3)18/h9,11-12,14-15,20H,4-8,16H2,1-3H3,(H,17,19)/t9?,11?,12?,14-,15?/m1/s1. The molecule has 4 unspecified atom stereocenters. The Hall–Kier alpha value is -1.14. The number of aliphatic hydroxyl groups excluding tert-OH is 1. The molecule has 1 fully saturated rings. The van der Waals surface area contributed by atoms with Crippen molar-refractivity contribution in [1.82, 2.24) is 5.32 Å². The summed E-state index contributed by atoms with van der Waals surface area (Å²) in [7, 11) is 0. The first-order valence-electron chi connectivity index (χ1n) is 7.75. The lowest BCUT2D eigenvalue weighted by molar-refractivity contribution is -0.147. The first-order valence-corrected chi connectivity index (χ1v) is 7.75. The molecule has 6 nitrogen and oxygen atoms in total. The van der Waals surface area contributed by atoms with Crippen LogP contribution >= 0.6 is 0 Å². The van der Waals surface area contributed by atoms with Crippen LogP contribution in [0.15, 0.2) is 0 Å². The van der Waals surface area contributed by atoms with E-state index in [0.29, 0.717) is 12.8 Å². The van der Waals surface area contributed by atoms with Crippen LogP contribution in [-0.4, -0.2) is 41.3 Å². The van der Waals surface area contributed by atoms with Gasteiger partial charge in [0.2, 0.25) is 5.91 Å². The van der Waals surface area contributed by atoms with E-state index in [1.807, 2.05) is 13.8 Å². The quantitative estimate of drug-likeness (QED) is 0.627. The van der Waals surface area contributed by atoms with E-state index in [1.54, 1.807) is 0 Å². The largest absolute Gasteiger partial charge is 0.463 e. The maximum Gasteiger partial charge on any atom is 0.302 e. The van der Waals surface area contributed by atoms with Crippen molar-refractivity contribution < 1.29 is 19.4 Å². The van der Waals surface area contributed by atoms with Crippen LogP contribution in [0.4, 0.5) is 0 Å². The molecule has 1 amide bonds. The van der Waals surface area contributed by atoms with Gasteiger partial charge in [-0.05, 0) is 38.5 Å². The van der Waals surface area contributed by atoms with E-state index < -0.39 is 12.1 Å². The highest BCUT2D eigenvalue weighted by Gasteiger charge is 2.37. The normalized spacial score (nSPS) is 30.5. The lowest BCUT2D eigenvalue weighted by Gasteiger charge is -2.39. The van der Waals surface area contributed by atoms with E-state index in [2.05, 4.69) is 5.32 Å². The molecule has 0 radical (unpaired) electrons. The zero-order valence-corrected chi connectivity index (χ0v) is 13.2. The number of carbonyl (C=O) groups is 2. The predicted octanol–water partition coefficient (Wildman–Crippen LogP) is 0.711. The summed E-state index contributed by atoms with van der Waals surface area (Å²) in [6, 6.07) is -0.659. The highest BCUT2D eigenvalue weighted by atomic mass is 16.5. The highest BCUT2D eigenvalue weighted by Crippen LogP contribution is 2.28. The summed E-state index contributed by atoms with van der Waals surface area (Å²) in [5.41, 5.74) is 6.06. The molecule has 6 heteroatoms. The van der Waals surface area contributed by atoms with Gasteiger partial charge in [0.05, 0.1) is 18.2 Å². The molecule has 4 N–H and O–H groups in total. The van der Waals surface area contributed by atoms with E-state index in [1.165, 1.54) is 6.92 Å². The van der Waals surface area contributed by atoms with Gasteiger partial charge in [0.15, 0.2) is 0 Å². The van der Waals surface area contributed by atoms with Crippen molar-refractivity contribution >= 4 is 11.9 Å². The molecule has 0 saturated heterocycles. The number of nitrogens with two attached hydrogens (primary N) is 1. The number of amides is 1. The second-order valence-corrected chi connectivity index (χ2v) is 5.99. The van der Waals surface area contributed by atoms with E-state index in [-0.39, 0.29) is 29.9 Å². The van der Waals surface area contributed by atoms with Gasteiger partial charge in [0, 0.05) is 19.4 Å². The molecule has 21 heavy (non-hydrogen) atoms. The molecule has 0 aromatic heterocycles. The molecular formula is C15H28N2O4. The summed E-state index contributed by atoms with van der Waals surface area (Å²) < 4.78 is 5.10. The minimum Gasteiger partial charge on any atom is -0.463 e. The van der Waals surface area contributed by atoms with Crippen molar-refractivity contribution in [2.24, 2.45) is 11.7 Å². The fraction of sp³-hybridized carbons (Fsp3) is 0.867. The van der Waals surface area contributed by atoms with Gasteiger partial charge >= 0.3 is 5.97 Å². The Morgan fingerprint density at radius 1 is 1.43 bits per heavy atom. The first-order chi connectivity index (χ1) is 9.85. The zero-order chi connectivity index (χ0) is 16.0. The first kappa shape index (κ1) is 17.9. The molecule has 0 aromatic rings. The van der Waals surface area contributed by atoms with E-state index >= 15 is 0 Å². The van der Waals surface area contributed by atoms with Crippen molar-refractivity contribution in [3.63, 3.8) is 0 Å². The number of hydrogen-bond acceptors (Lipinski definition) is 5. The minimum atomic E-state index is -0.691. The average Bonchev–Trinajstić information content (AvgIpc) is 2.38. The van der Waals surface area contributed by atoms with E-state index in [9.17, 15) is 14.7 Å². The number of rotatable bonds is 6. The van der Waals surface area contributed by atoms with Crippen molar-refractivity contribution in [1.29, 1.82) is 0 Å². The van der Waals surface area contributed by atoms with Gasteiger partial charge in [-0.3, -0.25) is 9.59 Å². The smallest absolute Gasteiger partial charge is 0.302 e. The van der Waals surface area contributed by atoms with Gasteiger partial charge in [0.25, 0.3) is 0 Å². The van der Waals surface area contributed by atoms with Crippen molar-refractivity contribution in [3.05, 3.63) is 0 Å². The van der Waals surface area contributed by atoms with Gasteiger partial charge in [-0.25, -0.2) is 0 Å². The summed E-state index contributed by atoms with van der Waals surface area (Å²) in [6.45, 7) is 5.13. The maximum absolute atomic E-state index is 11.6. The number of nitrogens with one attached hydrogen (secondary N) is 1. The van der Waals surface area contributed by atoms with Crippen LogP contribution in [0.3, 0.4) is 0 Å². The van der Waals surface area contributed by atoms with Gasteiger partial charge in [-0.15, -0.1) is 0 Å². The highest BCUT2D eigenvalue weighted by molar-refractivity contribution is 5.76. The van der Waals surface area contributed by atoms with E-state index in [4.69, 9.17) is 10.5 Å². The summed E-state index contributed by atoms with van der Waals surface area (Å²) in [5, 5.41) is 13.2. The number of ether oxygens (including phenoxy) is 1. The third-order valence-corrected chi connectivity index (χ3v) is 4.02. The molecule has 0 aliphatic heterocycles. The predicted molar refractivity (Wildman–Crippen MR) is 79.4 cm³/mol. The monoisotopic (exact) mass is 300 g/mol. The van der Waals surface area contributed by atoms with Crippen LogP contribution in [0.2, 0.25) is 0 Å². The third kappa shape index (κ3) is 5.63. The van der Waals surface area contributed by atoms with Gasteiger partial charge in [-0.1, -0.05) is 6.92 Å². The third-order valence-electron chi connectivity index (χ3n) is 4.02. The molecule has 1 aliphatic carbocycles. The Kier molecular flexibility index (Phi) is 7.11. The number of carbonyl (C=O) groups excluding carboxylic acids is 2. The Morgan fingerprint density at radius 3 is 2.67 bits per heavy atom. The summed E-state index contributed by atoms with van der Waals surface area (Å²) in [5.74, 6) is -0.340. The Bertz CT molecular complexity index is 362. The Balaban J connectivity index is 2.50. The van der Waals surface area contributed by atoms with Crippen molar-refractivity contribution in [2.45, 2.75) is 77.2 Å². The molecule has 5 atom stereocenters. The lowest BCUT2D eigenvalue weighted by Crippen LogP contribution is -2.58. The lowest BCUT2D eigenvalue weighted by atomic mass is 9.77. The van der Waals surface area contributed by atoms with Crippen LogP contribution in [0.1, 0.15) is 52.9 Å². The molecule has 1 rings (SSSR count). The second kappa shape index (κ2) is 8.34. The summed E-state index contributed by atoms with van der Waals surface area (Å²) in [4.78, 5) is 22.6. The van der Waals surface area contributed by atoms with Gasteiger partial charge in [-0.2, -0.15) is 0 Å². The van der Waals surface area contributed by atoms with Crippen LogP contribution in [0.5, 0.6) is 0 Å². The molecule has 0 heterocycles. The maximum atomic E-state index is 11.6. The molecular weight excluding hydrogens is 272 g/mol. The van der Waals surface area contributed by atoms with Gasteiger partial charge < -0.3 is 20.9 Å². The molecule has 0 spiro atoms. The molecule has 1 saturated carbocycles. The summed E-state index contributed by atoms with van der Waals surface area (Å²) >= 11 is 0. The Labute approximate surface area is 126 Å². The van der Waals surface area contributed by atoms with E-state index in [0.717, 1.165) is 19.3 Å². The van der Waals surface area contributed by atoms with Crippen molar-refractivity contribution in [3.8, 4) is 0 Å². The van der Waals surface area contributed by atoms with Crippen molar-refractivity contribution in [2.75, 3.05) is 0 Å². The second-order valence-electron chi connectivity index (χ2n) is 5.99. The SMILES string of the molecule is CCCC(=O)NC1CCC(CC(C)OC(C)=O)C(O)[C@@H]1N. The fourth-order valence-corrected chi connectivity index (χ4v) is 3.00. The Morgan fingerprint density at radius 2 is 2.10 bits per heavy atom. The average molecular weight is 300 g/mol. The van der Waals surface area contributed by atoms with Crippen LogP contribution in [0.25, 0.3) is 0 Å². The number of esters is 1. The fourth-order valence-electron chi connectivity index (χ4n) is 3.00. The molecule has 0 aromatic carbocycles. The topological polar surface area (TPSA) is 102 Å². The van der Waals surface area contributed by atoms with Crippen LogP contribution in [-0.2, 0) is 14.3 Å². The molecule has 1 aliphatic rings. The zero-order valence-electron chi connectivity index (χ0n) is 13.2.